The number of aliphatic hydroxyl groups is 3. The highest BCUT2D eigenvalue weighted by molar-refractivity contribution is 5.08. The minimum Gasteiger partial charge on any atom is -0.393 e. The van der Waals surface area contributed by atoms with Crippen molar-refractivity contribution >= 4 is 0 Å². The average Bonchev–Trinajstić information content (AvgIpc) is 2.23. The molecule has 0 aliphatic heterocycles. The highest BCUT2D eigenvalue weighted by atomic mass is 16.3. The van der Waals surface area contributed by atoms with Crippen molar-refractivity contribution in [3.8, 4) is 0 Å². The van der Waals surface area contributed by atoms with Crippen LogP contribution in [0.5, 0.6) is 0 Å². The molecule has 0 saturated heterocycles. The van der Waals surface area contributed by atoms with Gasteiger partial charge in [-0.05, 0) is 44.4 Å². The van der Waals surface area contributed by atoms with Crippen LogP contribution in [0, 0.1) is 23.2 Å². The fraction of sp³-hybridized carbons (Fsp3) is 1.00. The maximum atomic E-state index is 10.7. The van der Waals surface area contributed by atoms with Gasteiger partial charge in [0.05, 0.1) is 17.8 Å². The molecule has 18 heavy (non-hydrogen) atoms. The molecule has 0 aromatic carbocycles. The second kappa shape index (κ2) is 4.46. The summed E-state index contributed by atoms with van der Waals surface area (Å²) in [6.07, 6.45) is 2.16. The molecule has 0 unspecified atom stereocenters. The summed E-state index contributed by atoms with van der Waals surface area (Å²) in [6.45, 7) is 8.12. The van der Waals surface area contributed by atoms with Crippen molar-refractivity contribution in [3.63, 3.8) is 0 Å². The maximum Gasteiger partial charge on any atom is 0.0679 e. The van der Waals surface area contributed by atoms with E-state index >= 15 is 0 Å². The molecule has 0 spiro atoms. The Labute approximate surface area is 110 Å². The first-order chi connectivity index (χ1) is 8.20. The molecule has 0 bridgehead atoms. The van der Waals surface area contributed by atoms with Crippen LogP contribution in [0.4, 0.5) is 0 Å². The van der Waals surface area contributed by atoms with E-state index in [1.54, 1.807) is 0 Å². The predicted octanol–water partition coefficient (Wildman–Crippen LogP) is 1.94. The number of fused-ring (bicyclic) bond motifs is 1. The molecular weight excluding hydrogens is 228 g/mol. The largest absolute Gasteiger partial charge is 0.393 e. The zero-order valence-electron chi connectivity index (χ0n) is 12.1. The lowest BCUT2D eigenvalue weighted by atomic mass is 9.50. The third kappa shape index (κ3) is 2.00. The number of rotatable bonds is 1. The Morgan fingerprint density at radius 3 is 2.22 bits per heavy atom. The molecule has 0 aromatic heterocycles. The van der Waals surface area contributed by atoms with E-state index in [0.29, 0.717) is 18.8 Å². The molecule has 2 fully saturated rings. The van der Waals surface area contributed by atoms with Crippen molar-refractivity contribution in [2.24, 2.45) is 23.2 Å². The monoisotopic (exact) mass is 256 g/mol. The Morgan fingerprint density at radius 2 is 1.67 bits per heavy atom. The van der Waals surface area contributed by atoms with Gasteiger partial charge < -0.3 is 15.3 Å². The lowest BCUT2D eigenvalue weighted by Crippen LogP contribution is -2.63. The smallest absolute Gasteiger partial charge is 0.0679 e. The van der Waals surface area contributed by atoms with Crippen LogP contribution >= 0.6 is 0 Å². The van der Waals surface area contributed by atoms with Crippen LogP contribution in [0.1, 0.15) is 53.4 Å². The number of hydrogen-bond donors (Lipinski definition) is 3. The standard InChI is InChI=1S/C15H28O3/c1-9(2)10-5-7-14(3)11(16)6-8-15(4,18)13(14)12(10)17/h9-13,16-18H,5-8H2,1-4H3/t10-,11-,12+,13+,14+,15-/m0/s1. The lowest BCUT2D eigenvalue weighted by Gasteiger charge is -2.58. The molecule has 0 aromatic rings. The van der Waals surface area contributed by atoms with E-state index in [2.05, 4.69) is 13.8 Å². The fourth-order valence-corrected chi connectivity index (χ4v) is 4.54. The van der Waals surface area contributed by atoms with Gasteiger partial charge in [-0.25, -0.2) is 0 Å². The SMILES string of the molecule is CC(C)[C@@H]1CC[C@@]2(C)[C@@H]([C@@H]1O)[C@@](C)(O)CC[C@@H]2O. The van der Waals surface area contributed by atoms with Gasteiger partial charge in [0.2, 0.25) is 0 Å². The van der Waals surface area contributed by atoms with Crippen molar-refractivity contribution in [2.75, 3.05) is 0 Å². The molecule has 2 rings (SSSR count). The van der Waals surface area contributed by atoms with Crippen molar-refractivity contribution < 1.29 is 15.3 Å². The molecule has 2 saturated carbocycles. The first-order valence-corrected chi connectivity index (χ1v) is 7.28. The summed E-state index contributed by atoms with van der Waals surface area (Å²) in [6, 6.07) is 0. The quantitative estimate of drug-likeness (QED) is 0.672. The van der Waals surface area contributed by atoms with Gasteiger partial charge in [-0.1, -0.05) is 20.8 Å². The zero-order chi connectivity index (χ0) is 13.7. The van der Waals surface area contributed by atoms with E-state index in [1.165, 1.54) is 0 Å². The van der Waals surface area contributed by atoms with Gasteiger partial charge >= 0.3 is 0 Å². The van der Waals surface area contributed by atoms with Gasteiger partial charge in [-0.3, -0.25) is 0 Å². The van der Waals surface area contributed by atoms with Crippen molar-refractivity contribution in [2.45, 2.75) is 71.2 Å². The second-order valence-electron chi connectivity index (χ2n) is 7.33. The van der Waals surface area contributed by atoms with Gasteiger partial charge in [-0.2, -0.15) is 0 Å². The molecule has 3 nitrogen and oxygen atoms in total. The van der Waals surface area contributed by atoms with Crippen LogP contribution in [0.25, 0.3) is 0 Å². The highest BCUT2D eigenvalue weighted by Crippen LogP contribution is 2.56. The molecule has 0 radical (unpaired) electrons. The average molecular weight is 256 g/mol. The molecular formula is C15H28O3. The van der Waals surface area contributed by atoms with Gasteiger partial charge in [0.1, 0.15) is 0 Å². The summed E-state index contributed by atoms with van der Waals surface area (Å²) < 4.78 is 0. The molecule has 2 aliphatic rings. The Kier molecular flexibility index (Phi) is 3.54. The van der Waals surface area contributed by atoms with Crippen LogP contribution in [0.15, 0.2) is 0 Å². The second-order valence-corrected chi connectivity index (χ2v) is 7.33. The number of aliphatic hydroxyl groups excluding tert-OH is 2. The summed E-state index contributed by atoms with van der Waals surface area (Å²) in [5.41, 5.74) is -1.20. The number of hydrogen-bond acceptors (Lipinski definition) is 3. The minimum atomic E-state index is -0.860. The van der Waals surface area contributed by atoms with Gasteiger partial charge in [0.15, 0.2) is 0 Å². The van der Waals surface area contributed by atoms with E-state index in [0.717, 1.165) is 12.8 Å². The van der Waals surface area contributed by atoms with Crippen LogP contribution in [-0.4, -0.2) is 33.1 Å². The lowest BCUT2D eigenvalue weighted by molar-refractivity contribution is -0.219. The normalized spacial score (nSPS) is 53.3. The fourth-order valence-electron chi connectivity index (χ4n) is 4.54. The topological polar surface area (TPSA) is 60.7 Å². The Bertz CT molecular complexity index is 313. The van der Waals surface area contributed by atoms with E-state index < -0.39 is 17.8 Å². The van der Waals surface area contributed by atoms with E-state index in [9.17, 15) is 15.3 Å². The predicted molar refractivity (Wildman–Crippen MR) is 71.0 cm³/mol. The van der Waals surface area contributed by atoms with E-state index in [1.807, 2.05) is 13.8 Å². The first kappa shape index (κ1) is 14.3. The molecule has 106 valence electrons. The Morgan fingerprint density at radius 1 is 1.06 bits per heavy atom. The highest BCUT2D eigenvalue weighted by Gasteiger charge is 2.59. The van der Waals surface area contributed by atoms with Crippen molar-refractivity contribution in [1.29, 1.82) is 0 Å². The molecule has 6 atom stereocenters. The van der Waals surface area contributed by atoms with E-state index in [4.69, 9.17) is 0 Å². The minimum absolute atomic E-state index is 0.213. The zero-order valence-corrected chi connectivity index (χ0v) is 12.1. The van der Waals surface area contributed by atoms with Gasteiger partial charge in [0.25, 0.3) is 0 Å². The molecule has 0 heterocycles. The van der Waals surface area contributed by atoms with Crippen LogP contribution in [0.3, 0.4) is 0 Å². The maximum absolute atomic E-state index is 10.7. The third-order valence-corrected chi connectivity index (χ3v) is 5.72. The third-order valence-electron chi connectivity index (χ3n) is 5.72. The summed E-state index contributed by atoms with van der Waals surface area (Å²) in [5.74, 6) is 0.439. The Hall–Kier alpha value is -0.120. The van der Waals surface area contributed by atoms with Gasteiger partial charge in [0, 0.05) is 11.3 Å². The van der Waals surface area contributed by atoms with Crippen LogP contribution in [-0.2, 0) is 0 Å². The molecule has 3 heteroatoms. The summed E-state index contributed by atoms with van der Waals surface area (Å²) in [7, 11) is 0. The first-order valence-electron chi connectivity index (χ1n) is 7.28. The van der Waals surface area contributed by atoms with Gasteiger partial charge in [-0.15, -0.1) is 0 Å². The van der Waals surface area contributed by atoms with E-state index in [-0.39, 0.29) is 17.3 Å². The van der Waals surface area contributed by atoms with Crippen LogP contribution in [0.2, 0.25) is 0 Å². The van der Waals surface area contributed by atoms with Crippen molar-refractivity contribution in [1.82, 2.24) is 0 Å². The Balaban J connectivity index is 2.35. The summed E-state index contributed by atoms with van der Waals surface area (Å²) in [4.78, 5) is 0. The summed E-state index contributed by atoms with van der Waals surface area (Å²) in [5, 5.41) is 31.6. The molecule has 0 amide bonds. The van der Waals surface area contributed by atoms with Crippen LogP contribution < -0.4 is 0 Å². The molecule has 2 aliphatic carbocycles. The molecule has 3 N–H and O–H groups in total. The van der Waals surface area contributed by atoms with Crippen molar-refractivity contribution in [3.05, 3.63) is 0 Å². The summed E-state index contributed by atoms with van der Waals surface area (Å²) >= 11 is 0.